The van der Waals surface area contributed by atoms with Gasteiger partial charge in [0.25, 0.3) is 7.82 Å². The van der Waals surface area contributed by atoms with Gasteiger partial charge in [-0.15, -0.1) is 0 Å². The van der Waals surface area contributed by atoms with Gasteiger partial charge in [0, 0.05) is 13.0 Å². The van der Waals surface area contributed by atoms with Crippen LogP contribution in [-0.2, 0) is 27.9 Å². The summed E-state index contributed by atoms with van der Waals surface area (Å²) in [7, 11) is 1.36. The first kappa shape index (κ1) is 40.5. The van der Waals surface area contributed by atoms with E-state index in [1.54, 1.807) is 0 Å². The zero-order valence-corrected chi connectivity index (χ0v) is 28.4. The number of unbranched alkanes of at least 4 members (excludes halogenated alkanes) is 17. The van der Waals surface area contributed by atoms with E-state index in [4.69, 9.17) is 18.5 Å². The first-order valence-electron chi connectivity index (χ1n) is 16.8. The van der Waals surface area contributed by atoms with E-state index in [0.717, 1.165) is 32.1 Å². The van der Waals surface area contributed by atoms with Crippen LogP contribution >= 0.6 is 7.82 Å². The Morgan fingerprint density at radius 1 is 0.659 bits per heavy atom. The monoisotopic (exact) mass is 607 g/mol. The molecule has 0 aliphatic carbocycles. The molecule has 0 spiro atoms. The first-order valence-corrected chi connectivity index (χ1v) is 18.2. The molecular weight excluding hydrogens is 541 g/mol. The highest BCUT2D eigenvalue weighted by atomic mass is 31.2. The summed E-state index contributed by atoms with van der Waals surface area (Å²) in [5.74, 6) is -0.342. The van der Waals surface area contributed by atoms with Crippen molar-refractivity contribution in [3.8, 4) is 0 Å². The van der Waals surface area contributed by atoms with Crippen LogP contribution in [0, 0.1) is 0 Å². The SMILES string of the molecule is CCCCCCCCCCCCCCCOCC(COP(=O)([O-])OCC[N+](C)(C)C)OC(=O)CCCCCCCC. The molecule has 0 radical (unpaired) electrons. The second-order valence-electron chi connectivity index (χ2n) is 12.5. The van der Waals surface area contributed by atoms with Gasteiger partial charge in [0.2, 0.25) is 0 Å². The fourth-order valence-corrected chi connectivity index (χ4v) is 5.21. The van der Waals surface area contributed by atoms with Crippen molar-refractivity contribution in [3.05, 3.63) is 0 Å². The molecule has 8 nitrogen and oxygen atoms in total. The molecule has 0 aromatic carbocycles. The molecule has 41 heavy (non-hydrogen) atoms. The molecule has 0 saturated heterocycles. The Morgan fingerprint density at radius 2 is 1.12 bits per heavy atom. The van der Waals surface area contributed by atoms with Crippen LogP contribution in [0.5, 0.6) is 0 Å². The molecule has 9 heteroatoms. The number of hydrogen-bond acceptors (Lipinski definition) is 7. The maximum absolute atomic E-state index is 12.4. The van der Waals surface area contributed by atoms with Crippen molar-refractivity contribution < 1.29 is 37.3 Å². The van der Waals surface area contributed by atoms with Crippen molar-refractivity contribution in [1.29, 1.82) is 0 Å². The standard InChI is InChI=1S/C32H66NO7P/c1-6-8-10-12-14-15-16-17-18-19-20-22-24-27-37-29-31(40-32(34)25-23-21-13-11-9-7-2)30-39-41(35,36)38-28-26-33(3,4)5/h31H,6-30H2,1-5H3. The largest absolute Gasteiger partial charge is 0.756 e. The van der Waals surface area contributed by atoms with Gasteiger partial charge in [-0.1, -0.05) is 123 Å². The average Bonchev–Trinajstić information content (AvgIpc) is 2.90. The minimum atomic E-state index is -4.49. The highest BCUT2D eigenvalue weighted by Crippen LogP contribution is 2.38. The molecule has 0 aromatic heterocycles. The molecule has 0 amide bonds. The fraction of sp³-hybridized carbons (Fsp3) is 0.969. The number of quaternary nitrogens is 1. The third kappa shape index (κ3) is 30.8. The third-order valence-corrected chi connectivity index (χ3v) is 8.12. The van der Waals surface area contributed by atoms with E-state index in [0.29, 0.717) is 24.1 Å². The van der Waals surface area contributed by atoms with E-state index in [9.17, 15) is 14.3 Å². The molecule has 0 aliphatic rings. The summed E-state index contributed by atoms with van der Waals surface area (Å²) in [5, 5.41) is 0. The lowest BCUT2D eigenvalue weighted by Gasteiger charge is -2.28. The van der Waals surface area contributed by atoms with Crippen molar-refractivity contribution >= 4 is 13.8 Å². The number of phosphoric ester groups is 1. The molecule has 0 aliphatic heterocycles. The van der Waals surface area contributed by atoms with Crippen molar-refractivity contribution in [2.24, 2.45) is 0 Å². The van der Waals surface area contributed by atoms with Crippen LogP contribution in [0.1, 0.15) is 142 Å². The molecule has 0 aromatic rings. The van der Waals surface area contributed by atoms with Crippen LogP contribution in [0.2, 0.25) is 0 Å². The van der Waals surface area contributed by atoms with Gasteiger partial charge in [-0.2, -0.15) is 0 Å². The molecular formula is C32H66NO7P. The van der Waals surface area contributed by atoms with Crippen LogP contribution < -0.4 is 4.89 Å². The van der Waals surface area contributed by atoms with Crippen LogP contribution in [0.25, 0.3) is 0 Å². The summed E-state index contributed by atoms with van der Waals surface area (Å²) >= 11 is 0. The Labute approximate surface area is 253 Å². The number of ether oxygens (including phenoxy) is 2. The van der Waals surface area contributed by atoms with Crippen molar-refractivity contribution in [2.45, 2.75) is 148 Å². The lowest BCUT2D eigenvalue weighted by Crippen LogP contribution is -2.37. The number of carbonyl (C=O) groups is 1. The molecule has 246 valence electrons. The summed E-state index contributed by atoms with van der Waals surface area (Å²) in [6, 6.07) is 0. The van der Waals surface area contributed by atoms with E-state index in [1.165, 1.54) is 89.9 Å². The average molecular weight is 608 g/mol. The maximum atomic E-state index is 12.4. The molecule has 2 atom stereocenters. The molecule has 0 fully saturated rings. The number of nitrogens with zero attached hydrogens (tertiary/aromatic N) is 1. The number of hydrogen-bond donors (Lipinski definition) is 0. The van der Waals surface area contributed by atoms with Gasteiger partial charge in [0.05, 0.1) is 34.4 Å². The minimum absolute atomic E-state index is 0.0301. The smallest absolute Gasteiger partial charge is 0.306 e. The van der Waals surface area contributed by atoms with E-state index in [2.05, 4.69) is 13.8 Å². The number of likely N-dealkylation sites (N-methyl/N-ethyl adjacent to an activating group) is 1. The number of rotatable bonds is 31. The van der Waals surface area contributed by atoms with Crippen LogP contribution in [0.4, 0.5) is 0 Å². The predicted octanol–water partition coefficient (Wildman–Crippen LogP) is 7.96. The van der Waals surface area contributed by atoms with Crippen LogP contribution in [0.3, 0.4) is 0 Å². The van der Waals surface area contributed by atoms with E-state index in [-0.39, 0.29) is 25.8 Å². The second-order valence-corrected chi connectivity index (χ2v) is 13.9. The first-order chi connectivity index (χ1) is 19.6. The summed E-state index contributed by atoms with van der Waals surface area (Å²) in [5.41, 5.74) is 0. The highest BCUT2D eigenvalue weighted by molar-refractivity contribution is 7.45. The minimum Gasteiger partial charge on any atom is -0.756 e. The number of phosphoric acid groups is 1. The molecule has 0 rings (SSSR count). The Kier molecular flexibility index (Phi) is 26.7. The van der Waals surface area contributed by atoms with Crippen molar-refractivity contribution in [3.63, 3.8) is 0 Å². The summed E-state index contributed by atoms with van der Waals surface area (Å²) in [6.45, 7) is 5.35. The Bertz CT molecular complexity index is 642. The van der Waals surface area contributed by atoms with Gasteiger partial charge >= 0.3 is 5.97 Å². The zero-order chi connectivity index (χ0) is 30.7. The molecule has 0 heterocycles. The Hall–Kier alpha value is -0.500. The van der Waals surface area contributed by atoms with Gasteiger partial charge < -0.3 is 27.9 Å². The van der Waals surface area contributed by atoms with E-state index in [1.807, 2.05) is 21.1 Å². The van der Waals surface area contributed by atoms with E-state index >= 15 is 0 Å². The summed E-state index contributed by atoms with van der Waals surface area (Å²) in [4.78, 5) is 24.6. The highest BCUT2D eigenvalue weighted by Gasteiger charge is 2.20. The normalized spacial score (nSPS) is 14.2. The Balaban J connectivity index is 4.24. The third-order valence-electron chi connectivity index (χ3n) is 7.16. The molecule has 0 saturated carbocycles. The lowest BCUT2D eigenvalue weighted by atomic mass is 10.0. The van der Waals surface area contributed by atoms with E-state index < -0.39 is 13.9 Å². The number of esters is 1. The number of carbonyl (C=O) groups excluding carboxylic acids is 1. The molecule has 0 N–H and O–H groups in total. The molecule has 0 bridgehead atoms. The lowest BCUT2D eigenvalue weighted by molar-refractivity contribution is -0.870. The Morgan fingerprint density at radius 3 is 1.61 bits per heavy atom. The quantitative estimate of drug-likeness (QED) is 0.0341. The van der Waals surface area contributed by atoms with Gasteiger partial charge in [0.15, 0.2) is 0 Å². The van der Waals surface area contributed by atoms with Gasteiger partial charge in [-0.25, -0.2) is 0 Å². The van der Waals surface area contributed by atoms with Crippen molar-refractivity contribution in [2.75, 3.05) is 54.1 Å². The van der Waals surface area contributed by atoms with Crippen LogP contribution in [-0.4, -0.2) is 70.7 Å². The second kappa shape index (κ2) is 27.1. The maximum Gasteiger partial charge on any atom is 0.306 e. The molecule has 2 unspecified atom stereocenters. The van der Waals surface area contributed by atoms with Gasteiger partial charge in [-0.05, 0) is 12.8 Å². The van der Waals surface area contributed by atoms with Crippen LogP contribution in [0.15, 0.2) is 0 Å². The van der Waals surface area contributed by atoms with Crippen molar-refractivity contribution in [1.82, 2.24) is 0 Å². The predicted molar refractivity (Wildman–Crippen MR) is 167 cm³/mol. The van der Waals surface area contributed by atoms with Gasteiger partial charge in [0.1, 0.15) is 19.3 Å². The topological polar surface area (TPSA) is 94.1 Å². The van der Waals surface area contributed by atoms with Gasteiger partial charge in [-0.3, -0.25) is 9.36 Å². The zero-order valence-electron chi connectivity index (χ0n) is 27.5. The summed E-state index contributed by atoms with van der Waals surface area (Å²) < 4.78 is 34.1. The summed E-state index contributed by atoms with van der Waals surface area (Å²) in [6.07, 6.45) is 22.7. The fourth-order valence-electron chi connectivity index (χ4n) is 4.49.